The van der Waals surface area contributed by atoms with Crippen LogP contribution in [0.2, 0.25) is 0 Å². The quantitative estimate of drug-likeness (QED) is 0.816. The monoisotopic (exact) mass is 274 g/mol. The Morgan fingerprint density at radius 3 is 2.65 bits per heavy atom. The predicted octanol–water partition coefficient (Wildman–Crippen LogP) is 4.06. The first-order chi connectivity index (χ1) is 9.43. The molecule has 0 saturated carbocycles. The van der Waals surface area contributed by atoms with Gasteiger partial charge in [0.2, 0.25) is 0 Å². The van der Waals surface area contributed by atoms with Gasteiger partial charge in [-0.05, 0) is 72.9 Å². The molecule has 0 amide bonds. The van der Waals surface area contributed by atoms with Crippen LogP contribution in [0.25, 0.3) is 0 Å². The lowest BCUT2D eigenvalue weighted by atomic mass is 9.73. The van der Waals surface area contributed by atoms with E-state index in [2.05, 4.69) is 51.2 Å². The van der Waals surface area contributed by atoms with E-state index in [1.807, 2.05) is 0 Å². The summed E-state index contributed by atoms with van der Waals surface area (Å²) in [5, 5.41) is 3.56. The summed E-state index contributed by atoms with van der Waals surface area (Å²) in [6, 6.07) is 6.52. The van der Waals surface area contributed by atoms with E-state index in [1.54, 1.807) is 0 Å². The SMILES string of the molecule is CCC(c1cc(N)ccc1C(C)(C)C)C1CCCNC1. The van der Waals surface area contributed by atoms with Gasteiger partial charge in [-0.2, -0.15) is 0 Å². The fourth-order valence-corrected chi connectivity index (χ4v) is 3.60. The summed E-state index contributed by atoms with van der Waals surface area (Å²) in [4.78, 5) is 0. The van der Waals surface area contributed by atoms with Gasteiger partial charge in [-0.3, -0.25) is 0 Å². The molecule has 2 heteroatoms. The molecule has 1 heterocycles. The number of piperidine rings is 1. The van der Waals surface area contributed by atoms with Crippen molar-refractivity contribution in [3.05, 3.63) is 29.3 Å². The zero-order chi connectivity index (χ0) is 14.8. The van der Waals surface area contributed by atoms with E-state index in [0.717, 1.165) is 18.2 Å². The molecular formula is C18H30N2. The second-order valence-corrected chi connectivity index (χ2v) is 7.22. The standard InChI is InChI=1S/C18H30N2/c1-5-15(13-7-6-10-20-12-13)16-11-14(19)8-9-17(16)18(2,3)4/h8-9,11,13,15,20H,5-7,10,12,19H2,1-4H3. The fourth-order valence-electron chi connectivity index (χ4n) is 3.60. The van der Waals surface area contributed by atoms with Crippen LogP contribution in [0.3, 0.4) is 0 Å². The highest BCUT2D eigenvalue weighted by molar-refractivity contribution is 5.48. The van der Waals surface area contributed by atoms with Gasteiger partial charge in [0.1, 0.15) is 0 Å². The van der Waals surface area contributed by atoms with Crippen molar-refractivity contribution >= 4 is 5.69 Å². The Morgan fingerprint density at radius 2 is 2.10 bits per heavy atom. The molecule has 2 atom stereocenters. The van der Waals surface area contributed by atoms with E-state index in [1.165, 1.54) is 36.9 Å². The Hall–Kier alpha value is -1.02. The Labute approximate surface area is 124 Å². The molecule has 2 rings (SSSR count). The van der Waals surface area contributed by atoms with Gasteiger partial charge in [0, 0.05) is 5.69 Å². The molecule has 0 aliphatic carbocycles. The van der Waals surface area contributed by atoms with Crippen LogP contribution < -0.4 is 11.1 Å². The minimum absolute atomic E-state index is 0.179. The molecule has 2 unspecified atom stereocenters. The van der Waals surface area contributed by atoms with Gasteiger partial charge >= 0.3 is 0 Å². The van der Waals surface area contributed by atoms with Crippen LogP contribution in [-0.2, 0) is 5.41 Å². The van der Waals surface area contributed by atoms with Crippen LogP contribution in [0.4, 0.5) is 5.69 Å². The van der Waals surface area contributed by atoms with Crippen molar-refractivity contribution in [2.75, 3.05) is 18.8 Å². The molecule has 0 aromatic heterocycles. The lowest BCUT2D eigenvalue weighted by Crippen LogP contribution is -2.34. The van der Waals surface area contributed by atoms with Crippen molar-refractivity contribution in [3.8, 4) is 0 Å². The summed E-state index contributed by atoms with van der Waals surface area (Å²) in [5.74, 6) is 1.37. The second-order valence-electron chi connectivity index (χ2n) is 7.22. The molecule has 2 nitrogen and oxygen atoms in total. The molecule has 1 aromatic carbocycles. The zero-order valence-corrected chi connectivity index (χ0v) is 13.5. The van der Waals surface area contributed by atoms with E-state index in [-0.39, 0.29) is 5.41 Å². The van der Waals surface area contributed by atoms with E-state index >= 15 is 0 Å². The third-order valence-electron chi connectivity index (χ3n) is 4.63. The second kappa shape index (κ2) is 6.17. The van der Waals surface area contributed by atoms with Gasteiger partial charge in [0.05, 0.1) is 0 Å². The summed E-state index contributed by atoms with van der Waals surface area (Å²) in [5.41, 5.74) is 10.1. The highest BCUT2D eigenvalue weighted by Gasteiger charge is 2.28. The number of nitrogens with one attached hydrogen (secondary N) is 1. The number of hydrogen-bond donors (Lipinski definition) is 2. The summed E-state index contributed by atoms with van der Waals surface area (Å²) >= 11 is 0. The lowest BCUT2D eigenvalue weighted by Gasteiger charge is -2.34. The Bertz CT molecular complexity index is 439. The molecule has 1 aliphatic heterocycles. The van der Waals surface area contributed by atoms with Gasteiger partial charge < -0.3 is 11.1 Å². The molecular weight excluding hydrogens is 244 g/mol. The smallest absolute Gasteiger partial charge is 0.0317 e. The summed E-state index contributed by atoms with van der Waals surface area (Å²) in [7, 11) is 0. The lowest BCUT2D eigenvalue weighted by molar-refractivity contribution is 0.314. The molecule has 1 aliphatic rings. The van der Waals surface area contributed by atoms with Crippen molar-refractivity contribution in [2.24, 2.45) is 5.92 Å². The van der Waals surface area contributed by atoms with Crippen LogP contribution in [0.5, 0.6) is 0 Å². The van der Waals surface area contributed by atoms with E-state index in [9.17, 15) is 0 Å². The van der Waals surface area contributed by atoms with Crippen LogP contribution in [-0.4, -0.2) is 13.1 Å². The molecule has 1 saturated heterocycles. The average Bonchev–Trinajstić information content (AvgIpc) is 2.39. The van der Waals surface area contributed by atoms with Crippen LogP contribution in [0, 0.1) is 5.92 Å². The Kier molecular flexibility index (Phi) is 4.74. The average molecular weight is 274 g/mol. The number of rotatable bonds is 3. The third kappa shape index (κ3) is 3.35. The van der Waals surface area contributed by atoms with Crippen molar-refractivity contribution in [1.82, 2.24) is 5.32 Å². The van der Waals surface area contributed by atoms with Crippen molar-refractivity contribution in [3.63, 3.8) is 0 Å². The molecule has 0 spiro atoms. The van der Waals surface area contributed by atoms with Gasteiger partial charge in [0.25, 0.3) is 0 Å². The Morgan fingerprint density at radius 1 is 1.35 bits per heavy atom. The number of anilines is 1. The van der Waals surface area contributed by atoms with E-state index in [4.69, 9.17) is 5.73 Å². The minimum Gasteiger partial charge on any atom is -0.399 e. The van der Waals surface area contributed by atoms with E-state index < -0.39 is 0 Å². The first kappa shape index (κ1) is 15.4. The molecule has 1 fully saturated rings. The van der Waals surface area contributed by atoms with Crippen molar-refractivity contribution < 1.29 is 0 Å². The minimum atomic E-state index is 0.179. The van der Waals surface area contributed by atoms with Gasteiger partial charge in [-0.15, -0.1) is 0 Å². The molecule has 0 bridgehead atoms. The largest absolute Gasteiger partial charge is 0.399 e. The molecule has 0 radical (unpaired) electrons. The fraction of sp³-hybridized carbons (Fsp3) is 0.667. The predicted molar refractivity (Wildman–Crippen MR) is 88.2 cm³/mol. The summed E-state index contributed by atoms with van der Waals surface area (Å²) < 4.78 is 0. The molecule has 1 aromatic rings. The number of nitrogen functional groups attached to an aromatic ring is 1. The van der Waals surface area contributed by atoms with Gasteiger partial charge in [-0.1, -0.05) is 33.8 Å². The highest BCUT2D eigenvalue weighted by atomic mass is 14.9. The summed E-state index contributed by atoms with van der Waals surface area (Å²) in [6.45, 7) is 11.5. The van der Waals surface area contributed by atoms with Crippen LogP contribution >= 0.6 is 0 Å². The third-order valence-corrected chi connectivity index (χ3v) is 4.63. The first-order valence-corrected chi connectivity index (χ1v) is 8.04. The summed E-state index contributed by atoms with van der Waals surface area (Å²) in [6.07, 6.45) is 3.83. The van der Waals surface area contributed by atoms with Crippen LogP contribution in [0.1, 0.15) is 64.0 Å². The van der Waals surface area contributed by atoms with Crippen LogP contribution in [0.15, 0.2) is 18.2 Å². The topological polar surface area (TPSA) is 38.0 Å². The molecule has 3 N–H and O–H groups in total. The molecule has 20 heavy (non-hydrogen) atoms. The maximum Gasteiger partial charge on any atom is 0.0317 e. The number of nitrogens with two attached hydrogens (primary N) is 1. The van der Waals surface area contributed by atoms with Gasteiger partial charge in [0.15, 0.2) is 0 Å². The van der Waals surface area contributed by atoms with Crippen molar-refractivity contribution in [1.29, 1.82) is 0 Å². The maximum atomic E-state index is 6.08. The first-order valence-electron chi connectivity index (χ1n) is 8.04. The van der Waals surface area contributed by atoms with E-state index in [0.29, 0.717) is 5.92 Å². The Balaban J connectivity index is 2.39. The number of hydrogen-bond acceptors (Lipinski definition) is 2. The maximum absolute atomic E-state index is 6.08. The number of benzene rings is 1. The highest BCUT2D eigenvalue weighted by Crippen LogP contribution is 2.39. The zero-order valence-electron chi connectivity index (χ0n) is 13.5. The van der Waals surface area contributed by atoms with Gasteiger partial charge in [-0.25, -0.2) is 0 Å². The van der Waals surface area contributed by atoms with Crippen molar-refractivity contribution in [2.45, 2.75) is 58.3 Å². The normalized spacial score (nSPS) is 21.7. The molecule has 112 valence electrons.